The smallest absolute Gasteiger partial charge is 0.156 e. The van der Waals surface area contributed by atoms with Crippen LogP contribution in [0.5, 0.6) is 0 Å². The van der Waals surface area contributed by atoms with Crippen LogP contribution in [0, 0.1) is 0 Å². The maximum absolute atomic E-state index is 4.41. The number of nitrogens with zero attached hydrogens (tertiary/aromatic N) is 1. The van der Waals surface area contributed by atoms with Crippen molar-refractivity contribution in [3.63, 3.8) is 0 Å². The molecule has 1 rings (SSSR count). The second kappa shape index (κ2) is 4.60. The summed E-state index contributed by atoms with van der Waals surface area (Å²) in [5.41, 5.74) is 0. The van der Waals surface area contributed by atoms with E-state index in [-0.39, 0.29) is 0 Å². The molecule has 1 atom stereocenters. The van der Waals surface area contributed by atoms with Gasteiger partial charge in [0.2, 0.25) is 0 Å². The summed E-state index contributed by atoms with van der Waals surface area (Å²) in [4.78, 5) is 4.41. The van der Waals surface area contributed by atoms with Crippen molar-refractivity contribution < 1.29 is 0 Å². The summed E-state index contributed by atoms with van der Waals surface area (Å²) in [6.45, 7) is 8.66. The average molecular weight is 218 g/mol. The topological polar surface area (TPSA) is 24.4 Å². The molecule has 0 saturated heterocycles. The molecule has 0 bridgehead atoms. The first kappa shape index (κ1) is 11.2. The SMILES string of the molecule is CSC(C)(C)CNC1=NCC(C)S1. The Hall–Kier alpha value is 0.170. The van der Waals surface area contributed by atoms with Gasteiger partial charge in [0.25, 0.3) is 0 Å². The van der Waals surface area contributed by atoms with Crippen molar-refractivity contribution in [2.75, 3.05) is 19.3 Å². The first-order valence-electron chi connectivity index (χ1n) is 4.53. The lowest BCUT2D eigenvalue weighted by Crippen LogP contribution is -2.34. The summed E-state index contributed by atoms with van der Waals surface area (Å²) in [5, 5.41) is 5.17. The average Bonchev–Trinajstić information content (AvgIpc) is 2.48. The van der Waals surface area contributed by atoms with Gasteiger partial charge in [0, 0.05) is 16.5 Å². The third-order valence-corrected chi connectivity index (χ3v) is 4.32. The number of aliphatic imine (C=N–C) groups is 1. The zero-order chi connectivity index (χ0) is 9.90. The minimum atomic E-state index is 0.301. The lowest BCUT2D eigenvalue weighted by molar-refractivity contribution is 0.682. The van der Waals surface area contributed by atoms with Crippen LogP contribution in [0.2, 0.25) is 0 Å². The minimum absolute atomic E-state index is 0.301. The summed E-state index contributed by atoms with van der Waals surface area (Å²) < 4.78 is 0.301. The van der Waals surface area contributed by atoms with Gasteiger partial charge in [-0.05, 0) is 20.1 Å². The fourth-order valence-corrected chi connectivity index (χ4v) is 1.99. The Bertz CT molecular complexity index is 202. The van der Waals surface area contributed by atoms with Gasteiger partial charge >= 0.3 is 0 Å². The van der Waals surface area contributed by atoms with Gasteiger partial charge in [-0.2, -0.15) is 11.8 Å². The Morgan fingerprint density at radius 3 is 2.85 bits per heavy atom. The van der Waals surface area contributed by atoms with Gasteiger partial charge in [0.05, 0.1) is 6.54 Å². The lowest BCUT2D eigenvalue weighted by Gasteiger charge is -2.22. The summed E-state index contributed by atoms with van der Waals surface area (Å²) in [7, 11) is 0. The molecule has 4 heteroatoms. The van der Waals surface area contributed by atoms with Crippen LogP contribution in [0.25, 0.3) is 0 Å². The highest BCUT2D eigenvalue weighted by Crippen LogP contribution is 2.22. The van der Waals surface area contributed by atoms with Gasteiger partial charge in [0.15, 0.2) is 5.17 Å². The van der Waals surface area contributed by atoms with Crippen molar-refractivity contribution in [1.82, 2.24) is 5.32 Å². The highest BCUT2D eigenvalue weighted by atomic mass is 32.2. The third-order valence-electron chi connectivity index (χ3n) is 2.02. The highest BCUT2D eigenvalue weighted by molar-refractivity contribution is 8.14. The van der Waals surface area contributed by atoms with Gasteiger partial charge in [-0.25, -0.2) is 0 Å². The monoisotopic (exact) mass is 218 g/mol. The molecule has 0 aromatic rings. The van der Waals surface area contributed by atoms with Gasteiger partial charge in [-0.1, -0.05) is 18.7 Å². The van der Waals surface area contributed by atoms with E-state index in [9.17, 15) is 0 Å². The van der Waals surface area contributed by atoms with Crippen molar-refractivity contribution in [2.24, 2.45) is 4.99 Å². The Labute approximate surface area is 89.3 Å². The van der Waals surface area contributed by atoms with Crippen LogP contribution >= 0.6 is 23.5 Å². The molecule has 76 valence electrons. The van der Waals surface area contributed by atoms with Crippen LogP contribution < -0.4 is 5.32 Å². The second-order valence-electron chi connectivity index (χ2n) is 3.89. The van der Waals surface area contributed by atoms with Crippen molar-refractivity contribution in [1.29, 1.82) is 0 Å². The van der Waals surface area contributed by atoms with E-state index in [4.69, 9.17) is 0 Å². The molecule has 0 aromatic carbocycles. The molecule has 0 spiro atoms. The van der Waals surface area contributed by atoms with E-state index in [0.29, 0.717) is 10.00 Å². The summed E-state index contributed by atoms with van der Waals surface area (Å²) in [6.07, 6.45) is 2.15. The predicted molar refractivity (Wildman–Crippen MR) is 65.0 cm³/mol. The van der Waals surface area contributed by atoms with E-state index in [1.807, 2.05) is 23.5 Å². The van der Waals surface area contributed by atoms with Crippen LogP contribution in [0.1, 0.15) is 20.8 Å². The maximum Gasteiger partial charge on any atom is 0.156 e. The lowest BCUT2D eigenvalue weighted by atomic mass is 10.2. The molecule has 0 radical (unpaired) electrons. The molecular formula is C9H18N2S2. The van der Waals surface area contributed by atoms with Crippen molar-refractivity contribution in [3.05, 3.63) is 0 Å². The number of amidine groups is 1. The number of thioether (sulfide) groups is 2. The second-order valence-corrected chi connectivity index (χ2v) is 6.83. The Balaban J connectivity index is 2.27. The third kappa shape index (κ3) is 3.81. The molecular weight excluding hydrogens is 200 g/mol. The summed E-state index contributed by atoms with van der Waals surface area (Å²) in [5.74, 6) is 0. The Kier molecular flexibility index (Phi) is 3.98. The number of hydrogen-bond donors (Lipinski definition) is 1. The quantitative estimate of drug-likeness (QED) is 0.786. The van der Waals surface area contributed by atoms with Crippen LogP contribution in [-0.4, -0.2) is 34.5 Å². The molecule has 2 nitrogen and oxygen atoms in total. The van der Waals surface area contributed by atoms with Crippen LogP contribution in [0.15, 0.2) is 4.99 Å². The predicted octanol–water partition coefficient (Wildman–Crippen LogP) is 2.21. The minimum Gasteiger partial charge on any atom is -0.364 e. The first-order chi connectivity index (χ1) is 6.03. The normalized spacial score (nSPS) is 23.1. The molecule has 1 heterocycles. The summed E-state index contributed by atoms with van der Waals surface area (Å²) in [6, 6.07) is 0. The zero-order valence-electron chi connectivity index (χ0n) is 8.76. The van der Waals surface area contributed by atoms with Gasteiger partial charge in [-0.15, -0.1) is 0 Å². The van der Waals surface area contributed by atoms with Crippen molar-refractivity contribution in [3.8, 4) is 0 Å². The molecule has 1 unspecified atom stereocenters. The van der Waals surface area contributed by atoms with E-state index in [2.05, 4.69) is 37.3 Å². The Morgan fingerprint density at radius 2 is 2.38 bits per heavy atom. The highest BCUT2D eigenvalue weighted by Gasteiger charge is 2.19. The number of hydrogen-bond acceptors (Lipinski definition) is 4. The van der Waals surface area contributed by atoms with E-state index in [0.717, 1.165) is 18.3 Å². The standard InChI is InChI=1S/C9H18N2S2/c1-7-5-10-8(13-7)11-6-9(2,3)12-4/h7H,5-6H2,1-4H3,(H,10,11). The molecule has 1 N–H and O–H groups in total. The zero-order valence-corrected chi connectivity index (χ0v) is 10.4. The van der Waals surface area contributed by atoms with Crippen LogP contribution in [0.4, 0.5) is 0 Å². The molecule has 1 aliphatic rings. The van der Waals surface area contributed by atoms with E-state index in [1.165, 1.54) is 0 Å². The van der Waals surface area contributed by atoms with E-state index < -0.39 is 0 Å². The van der Waals surface area contributed by atoms with Gasteiger partial charge < -0.3 is 5.32 Å². The fraction of sp³-hybridized carbons (Fsp3) is 0.889. The van der Waals surface area contributed by atoms with Crippen LogP contribution in [0.3, 0.4) is 0 Å². The maximum atomic E-state index is 4.41. The van der Waals surface area contributed by atoms with Gasteiger partial charge in [-0.3, -0.25) is 4.99 Å². The molecule has 13 heavy (non-hydrogen) atoms. The molecule has 0 saturated carbocycles. The van der Waals surface area contributed by atoms with Crippen molar-refractivity contribution >= 4 is 28.7 Å². The molecule has 1 aliphatic heterocycles. The van der Waals surface area contributed by atoms with E-state index >= 15 is 0 Å². The first-order valence-corrected chi connectivity index (χ1v) is 6.64. The fourth-order valence-electron chi connectivity index (χ4n) is 0.935. The number of nitrogens with one attached hydrogen (secondary N) is 1. The van der Waals surface area contributed by atoms with E-state index in [1.54, 1.807) is 0 Å². The Morgan fingerprint density at radius 1 is 1.69 bits per heavy atom. The molecule has 0 fully saturated rings. The van der Waals surface area contributed by atoms with Gasteiger partial charge in [0.1, 0.15) is 0 Å². The number of rotatable bonds is 3. The van der Waals surface area contributed by atoms with Crippen LogP contribution in [-0.2, 0) is 0 Å². The molecule has 0 aliphatic carbocycles. The van der Waals surface area contributed by atoms with Crippen molar-refractivity contribution in [2.45, 2.75) is 30.8 Å². The summed E-state index contributed by atoms with van der Waals surface area (Å²) >= 11 is 3.73. The molecule has 0 aromatic heterocycles. The largest absolute Gasteiger partial charge is 0.364 e. The molecule has 0 amide bonds.